The van der Waals surface area contributed by atoms with Crippen molar-refractivity contribution < 1.29 is 70.2 Å². The van der Waals surface area contributed by atoms with Gasteiger partial charge >= 0.3 is 0 Å². The van der Waals surface area contributed by atoms with E-state index in [-0.39, 0.29) is 11.7 Å². The first-order chi connectivity index (χ1) is 22.3. The van der Waals surface area contributed by atoms with Gasteiger partial charge in [-0.05, 0) is 46.5 Å². The number of amides is 1. The molecule has 2 aliphatic rings. The number of aromatic nitrogens is 4. The number of anilines is 1. The molecule has 4 heterocycles. The second-order valence-electron chi connectivity index (χ2n) is 11.4. The van der Waals surface area contributed by atoms with Crippen LogP contribution in [0.1, 0.15) is 65.5 Å². The molecule has 2 fully saturated rings. The summed E-state index contributed by atoms with van der Waals surface area (Å²) in [4.78, 5) is 80.7. The van der Waals surface area contributed by atoms with Crippen LogP contribution in [0.15, 0.2) is 12.7 Å². The molecule has 2 N–H and O–H groups in total. The number of unbranched alkanes of at least 4 members (excludes halogenated alkanes) is 2. The van der Waals surface area contributed by atoms with Gasteiger partial charge in [0.05, 0.1) is 20.8 Å². The van der Waals surface area contributed by atoms with Crippen LogP contribution in [-0.2, 0) is 50.6 Å². The lowest BCUT2D eigenvalue weighted by molar-refractivity contribution is -0.339. The van der Waals surface area contributed by atoms with Gasteiger partial charge in [0, 0.05) is 25.9 Å². The van der Waals surface area contributed by atoms with Gasteiger partial charge in [-0.1, -0.05) is 0 Å². The second-order valence-corrected chi connectivity index (χ2v) is 15.6. The Hall–Kier alpha value is -2.22. The molecule has 0 bridgehead atoms. The SMILES string of the molecule is CC(=O)CCCCC(=O)NCCCCNc1ncnc2c1ncn2[C@@H]1O[C@H](COP(=O)([O-])OP(=O)([O-])OP(=O)([O-])[O-])[C@H]2OC(C)(C)O[C@H]21. The number of hydrogen-bond acceptors (Lipinski definition) is 19. The van der Waals surface area contributed by atoms with Crippen LogP contribution in [0.25, 0.3) is 11.2 Å². The number of fused-ring (bicyclic) bond motifs is 2. The number of carbonyl (C=O) groups is 2. The van der Waals surface area contributed by atoms with Crippen molar-refractivity contribution in [3.05, 3.63) is 12.7 Å². The predicted octanol–water partition coefficient (Wildman–Crippen LogP) is -0.483. The first kappa shape index (κ1) is 38.6. The average molecular weight is 740 g/mol. The van der Waals surface area contributed by atoms with E-state index < -0.39 is 60.4 Å². The smallest absolute Gasteiger partial charge is 0.278 e. The minimum absolute atomic E-state index is 0.0632. The van der Waals surface area contributed by atoms with Crippen LogP contribution in [0.2, 0.25) is 0 Å². The first-order valence-corrected chi connectivity index (χ1v) is 19.1. The van der Waals surface area contributed by atoms with Gasteiger partial charge in [-0.3, -0.25) is 22.8 Å². The first-order valence-electron chi connectivity index (χ1n) is 14.7. The van der Waals surface area contributed by atoms with E-state index >= 15 is 0 Å². The molecule has 0 saturated carbocycles. The Bertz CT molecular complexity index is 1600. The molecule has 4 rings (SSSR count). The van der Waals surface area contributed by atoms with E-state index in [1.54, 1.807) is 13.8 Å². The summed E-state index contributed by atoms with van der Waals surface area (Å²) in [5.74, 6) is -0.691. The minimum Gasteiger partial charge on any atom is -0.790 e. The number of rotatable bonds is 19. The molecule has 24 heteroatoms. The molecule has 21 nitrogen and oxygen atoms in total. The summed E-state index contributed by atoms with van der Waals surface area (Å²) in [7, 11) is -18.1. The molecule has 0 radical (unpaired) electrons. The summed E-state index contributed by atoms with van der Waals surface area (Å²) in [6.45, 7) is 4.87. The topological polar surface area (TPSA) is 301 Å². The van der Waals surface area contributed by atoms with Gasteiger partial charge in [0.25, 0.3) is 15.6 Å². The minimum atomic E-state index is -6.15. The van der Waals surface area contributed by atoms with Crippen molar-refractivity contribution in [2.24, 2.45) is 0 Å². The Morgan fingerprint density at radius 3 is 2.33 bits per heavy atom. The van der Waals surface area contributed by atoms with Crippen molar-refractivity contribution >= 4 is 52.1 Å². The quantitative estimate of drug-likeness (QED) is 0.136. The molecule has 0 aliphatic carbocycles. The van der Waals surface area contributed by atoms with Crippen molar-refractivity contribution in [2.45, 2.75) is 89.6 Å². The van der Waals surface area contributed by atoms with E-state index in [1.807, 2.05) is 0 Å². The standard InChI is InChI=1S/C24H39N6O15P3/c1-15(31)8-4-5-9-17(32)25-10-6-7-11-26-21-18-22(28-13-27-21)30(14-29-18)23-20-19(42-24(2,3)43-20)16(41-23)12-40-47(36,37)45-48(38,39)44-46(33,34)35/h13-14,16,19-20,23H,4-12H2,1-3H3,(H,25,32)(H,36,37)(H,38,39)(H,26,27,28)(H2,33,34,35)/p-4/t16-,19-,20-,23-/m1/s1. The van der Waals surface area contributed by atoms with Crippen molar-refractivity contribution in [3.8, 4) is 0 Å². The molecule has 2 aliphatic heterocycles. The van der Waals surface area contributed by atoms with Crippen molar-refractivity contribution in [1.29, 1.82) is 0 Å². The van der Waals surface area contributed by atoms with Crippen LogP contribution in [0, 0.1) is 0 Å². The average Bonchev–Trinajstić information content (AvgIpc) is 3.60. The Morgan fingerprint density at radius 2 is 1.62 bits per heavy atom. The van der Waals surface area contributed by atoms with Crippen LogP contribution in [0.5, 0.6) is 0 Å². The summed E-state index contributed by atoms with van der Waals surface area (Å²) >= 11 is 0. The highest BCUT2D eigenvalue weighted by Gasteiger charge is 2.56. The molecule has 48 heavy (non-hydrogen) atoms. The largest absolute Gasteiger partial charge is 0.790 e. The zero-order chi connectivity index (χ0) is 35.3. The molecular weight excluding hydrogens is 705 g/mol. The van der Waals surface area contributed by atoms with Gasteiger partial charge in [0.2, 0.25) is 5.91 Å². The number of ether oxygens (including phenoxy) is 3. The maximum Gasteiger partial charge on any atom is 0.278 e. The normalized spacial score (nSPS) is 24.6. The summed E-state index contributed by atoms with van der Waals surface area (Å²) in [5, 5.41) is 6.04. The molecule has 0 aromatic carbocycles. The van der Waals surface area contributed by atoms with Crippen LogP contribution in [0.4, 0.5) is 5.82 Å². The third-order valence-electron chi connectivity index (χ3n) is 6.96. The van der Waals surface area contributed by atoms with E-state index in [0.29, 0.717) is 68.6 Å². The Balaban J connectivity index is 1.34. The summed E-state index contributed by atoms with van der Waals surface area (Å²) < 4.78 is 65.0. The van der Waals surface area contributed by atoms with Crippen molar-refractivity contribution in [3.63, 3.8) is 0 Å². The van der Waals surface area contributed by atoms with E-state index in [4.69, 9.17) is 14.2 Å². The van der Waals surface area contributed by atoms with Crippen LogP contribution >= 0.6 is 23.5 Å². The number of hydrogen-bond donors (Lipinski definition) is 2. The fourth-order valence-electron chi connectivity index (χ4n) is 5.07. The molecule has 2 unspecified atom stereocenters. The van der Waals surface area contributed by atoms with Gasteiger partial charge in [-0.2, -0.15) is 0 Å². The maximum atomic E-state index is 12.1. The van der Waals surface area contributed by atoms with Crippen LogP contribution < -0.4 is 30.2 Å². The van der Waals surface area contributed by atoms with Crippen molar-refractivity contribution in [1.82, 2.24) is 24.8 Å². The van der Waals surface area contributed by atoms with E-state index in [0.717, 1.165) is 0 Å². The van der Waals surface area contributed by atoms with E-state index in [1.165, 1.54) is 24.1 Å². The number of phosphoric acid groups is 3. The zero-order valence-corrected chi connectivity index (χ0v) is 28.8. The monoisotopic (exact) mass is 740 g/mol. The van der Waals surface area contributed by atoms with Gasteiger partial charge in [-0.25, -0.2) is 19.3 Å². The Morgan fingerprint density at radius 1 is 0.938 bits per heavy atom. The Labute approximate surface area is 274 Å². The molecule has 1 amide bonds. The lowest BCUT2D eigenvalue weighted by Gasteiger charge is -2.37. The number of Topliss-reactive ketones (excluding diaryl/α,β-unsaturated/α-hetero) is 1. The number of nitrogens with zero attached hydrogens (tertiary/aromatic N) is 4. The number of imidazole rings is 1. The number of phosphoric ester groups is 1. The van der Waals surface area contributed by atoms with Crippen LogP contribution in [-0.4, -0.2) is 75.0 Å². The number of carbonyl (C=O) groups excluding carboxylic acids is 2. The second kappa shape index (κ2) is 15.8. The van der Waals surface area contributed by atoms with Crippen molar-refractivity contribution in [2.75, 3.05) is 25.0 Å². The maximum absolute atomic E-state index is 12.1. The molecule has 270 valence electrons. The number of nitrogens with one attached hydrogen (secondary N) is 2. The number of ketones is 1. The highest BCUT2D eigenvalue weighted by atomic mass is 31.3. The summed E-state index contributed by atoms with van der Waals surface area (Å²) in [6, 6.07) is 0. The molecule has 6 atom stereocenters. The summed E-state index contributed by atoms with van der Waals surface area (Å²) in [6.07, 6.45) is 2.31. The van der Waals surface area contributed by atoms with Crippen LogP contribution in [0.3, 0.4) is 0 Å². The zero-order valence-electron chi connectivity index (χ0n) is 26.1. The van der Waals surface area contributed by atoms with Gasteiger partial charge in [0.1, 0.15) is 30.4 Å². The third kappa shape index (κ3) is 11.1. The van der Waals surface area contributed by atoms with Gasteiger partial charge in [0.15, 0.2) is 29.0 Å². The van der Waals surface area contributed by atoms with Gasteiger partial charge < -0.3 is 58.3 Å². The molecule has 2 aromatic heterocycles. The molecular formula is C24H35N6O15P3-4. The van der Waals surface area contributed by atoms with Gasteiger partial charge in [-0.15, -0.1) is 0 Å². The predicted molar refractivity (Wildman–Crippen MR) is 154 cm³/mol. The highest BCUT2D eigenvalue weighted by molar-refractivity contribution is 7.64. The molecule has 0 spiro atoms. The molecule has 2 aromatic rings. The lowest BCUT2D eigenvalue weighted by Crippen LogP contribution is -2.33. The highest BCUT2D eigenvalue weighted by Crippen LogP contribution is 2.60. The third-order valence-corrected chi connectivity index (χ3v) is 10.6. The fourth-order valence-corrected chi connectivity index (χ4v) is 7.93. The summed E-state index contributed by atoms with van der Waals surface area (Å²) in [5.41, 5.74) is 0.706. The Kier molecular flexibility index (Phi) is 12.7. The lowest BCUT2D eigenvalue weighted by atomic mass is 10.1. The fraction of sp³-hybridized carbons (Fsp3) is 0.708. The van der Waals surface area contributed by atoms with E-state index in [9.17, 15) is 42.9 Å². The van der Waals surface area contributed by atoms with E-state index in [2.05, 4.69) is 38.7 Å². The molecule has 2 saturated heterocycles.